The standard InChI is InChI=1S/C13H12OS.CHF3O3S/c1-9(14)13(15)12-8-4-6-10-5-2-3-7-11(10)12;2-1(3,4)8(5,6)7/h2-8,13,15H,1H3;(H,5,6,7). The zero-order valence-corrected chi connectivity index (χ0v) is 13.5. The van der Waals surface area contributed by atoms with Crippen LogP contribution in [0.2, 0.25) is 0 Å². The lowest BCUT2D eigenvalue weighted by molar-refractivity contribution is -0.116. The van der Waals surface area contributed by atoms with Crippen molar-refractivity contribution in [1.82, 2.24) is 0 Å². The first-order valence-electron chi connectivity index (χ1n) is 6.15. The van der Waals surface area contributed by atoms with Crippen LogP contribution in [0.15, 0.2) is 42.5 Å². The Morgan fingerprint density at radius 1 is 1.13 bits per heavy atom. The molecule has 2 rings (SSSR count). The molecule has 0 bridgehead atoms. The summed E-state index contributed by atoms with van der Waals surface area (Å²) in [6.45, 7) is 1.57. The molecule has 0 saturated heterocycles. The summed E-state index contributed by atoms with van der Waals surface area (Å²) in [5.74, 6) is 0.0784. The first-order valence-corrected chi connectivity index (χ1v) is 8.10. The Kier molecular flexibility index (Phi) is 6.20. The van der Waals surface area contributed by atoms with E-state index >= 15 is 0 Å². The van der Waals surface area contributed by atoms with Crippen molar-refractivity contribution in [1.29, 1.82) is 0 Å². The van der Waals surface area contributed by atoms with Gasteiger partial charge in [-0.05, 0) is 23.3 Å². The van der Waals surface area contributed by atoms with Gasteiger partial charge < -0.3 is 0 Å². The second kappa shape index (κ2) is 7.33. The smallest absolute Gasteiger partial charge is 0.298 e. The van der Waals surface area contributed by atoms with Crippen molar-refractivity contribution in [2.24, 2.45) is 0 Å². The molecule has 126 valence electrons. The van der Waals surface area contributed by atoms with Gasteiger partial charge in [0.05, 0.1) is 5.25 Å². The predicted octanol–water partition coefficient (Wildman–Crippen LogP) is 3.79. The molecule has 0 aliphatic heterocycles. The molecule has 1 unspecified atom stereocenters. The van der Waals surface area contributed by atoms with Gasteiger partial charge in [0.2, 0.25) is 0 Å². The Balaban J connectivity index is 0.000000284. The normalized spacial score (nSPS) is 13.1. The van der Waals surface area contributed by atoms with E-state index in [2.05, 4.69) is 12.6 Å². The van der Waals surface area contributed by atoms with Gasteiger partial charge in [0.25, 0.3) is 0 Å². The Morgan fingerprint density at radius 2 is 1.61 bits per heavy atom. The van der Waals surface area contributed by atoms with E-state index < -0.39 is 15.6 Å². The van der Waals surface area contributed by atoms with Crippen LogP contribution in [-0.4, -0.2) is 24.3 Å². The monoisotopic (exact) mass is 366 g/mol. The number of hydrogen-bond donors (Lipinski definition) is 2. The van der Waals surface area contributed by atoms with Crippen molar-refractivity contribution in [3.63, 3.8) is 0 Å². The summed E-state index contributed by atoms with van der Waals surface area (Å²) in [4.78, 5) is 11.3. The summed E-state index contributed by atoms with van der Waals surface area (Å²) >= 11 is 4.34. The van der Waals surface area contributed by atoms with E-state index in [1.807, 2.05) is 42.5 Å². The van der Waals surface area contributed by atoms with E-state index in [0.29, 0.717) is 0 Å². The minimum Gasteiger partial charge on any atom is -0.298 e. The van der Waals surface area contributed by atoms with E-state index in [-0.39, 0.29) is 11.0 Å². The number of fused-ring (bicyclic) bond motifs is 1. The molecule has 2 aromatic rings. The van der Waals surface area contributed by atoms with Crippen molar-refractivity contribution in [2.45, 2.75) is 17.7 Å². The molecule has 23 heavy (non-hydrogen) atoms. The fraction of sp³-hybridized carbons (Fsp3) is 0.214. The predicted molar refractivity (Wildman–Crippen MR) is 84.0 cm³/mol. The Bertz CT molecular complexity index is 796. The van der Waals surface area contributed by atoms with E-state index in [0.717, 1.165) is 16.3 Å². The number of ketones is 1. The summed E-state index contributed by atoms with van der Waals surface area (Å²) in [6, 6.07) is 14.0. The summed E-state index contributed by atoms with van der Waals surface area (Å²) < 4.78 is 57.5. The highest BCUT2D eigenvalue weighted by Crippen LogP contribution is 2.28. The summed E-state index contributed by atoms with van der Waals surface area (Å²) in [6.07, 6.45) is 0. The third-order valence-corrected chi connectivity index (χ3v) is 4.02. The maximum atomic E-state index is 11.3. The van der Waals surface area contributed by atoms with Crippen LogP contribution in [0.4, 0.5) is 13.2 Å². The molecule has 0 amide bonds. The van der Waals surface area contributed by atoms with Crippen molar-refractivity contribution in [3.05, 3.63) is 48.0 Å². The van der Waals surface area contributed by atoms with Crippen LogP contribution in [0, 0.1) is 0 Å². The first-order chi connectivity index (χ1) is 10.4. The molecule has 1 atom stereocenters. The van der Waals surface area contributed by atoms with Gasteiger partial charge in [-0.15, -0.1) is 0 Å². The highest BCUT2D eigenvalue weighted by Gasteiger charge is 2.44. The molecule has 9 heteroatoms. The van der Waals surface area contributed by atoms with Gasteiger partial charge in [0, 0.05) is 0 Å². The lowest BCUT2D eigenvalue weighted by atomic mass is 10.0. The largest absolute Gasteiger partial charge is 0.522 e. The van der Waals surface area contributed by atoms with E-state index in [1.165, 1.54) is 0 Å². The third kappa shape index (κ3) is 5.22. The fourth-order valence-corrected chi connectivity index (χ4v) is 1.93. The Labute approximate surface area is 136 Å². The molecule has 0 saturated carbocycles. The maximum absolute atomic E-state index is 11.3. The third-order valence-electron chi connectivity index (χ3n) is 2.80. The van der Waals surface area contributed by atoms with Crippen LogP contribution in [-0.2, 0) is 14.9 Å². The molecule has 0 radical (unpaired) electrons. The molecule has 0 aliphatic rings. The van der Waals surface area contributed by atoms with E-state index in [4.69, 9.17) is 13.0 Å². The maximum Gasteiger partial charge on any atom is 0.522 e. The van der Waals surface area contributed by atoms with Crippen LogP contribution < -0.4 is 0 Å². The van der Waals surface area contributed by atoms with Gasteiger partial charge >= 0.3 is 15.6 Å². The molecule has 4 nitrogen and oxygen atoms in total. The highest BCUT2D eigenvalue weighted by atomic mass is 32.2. The molecule has 0 spiro atoms. The topological polar surface area (TPSA) is 71.4 Å². The fourth-order valence-electron chi connectivity index (χ4n) is 1.71. The van der Waals surface area contributed by atoms with Gasteiger partial charge in [-0.3, -0.25) is 9.35 Å². The number of alkyl halides is 3. The molecular formula is C14H13F3O4S2. The number of carbonyl (C=O) groups excluding carboxylic acids is 1. The molecule has 0 aliphatic carbocycles. The summed E-state index contributed by atoms with van der Waals surface area (Å²) in [7, 11) is -5.84. The van der Waals surface area contributed by atoms with Crippen LogP contribution >= 0.6 is 12.6 Å². The Hall–Kier alpha value is -1.58. The number of Topliss-reactive ketones (excluding diaryl/α,β-unsaturated/α-hetero) is 1. The van der Waals surface area contributed by atoms with Gasteiger partial charge in [-0.1, -0.05) is 42.5 Å². The number of carbonyl (C=O) groups is 1. The number of rotatable bonds is 2. The van der Waals surface area contributed by atoms with E-state index in [1.54, 1.807) is 6.92 Å². The summed E-state index contributed by atoms with van der Waals surface area (Å²) in [5, 5.41) is 1.93. The first kappa shape index (κ1) is 19.5. The lowest BCUT2D eigenvalue weighted by Crippen LogP contribution is -2.21. The van der Waals surface area contributed by atoms with Crippen LogP contribution in [0.1, 0.15) is 17.7 Å². The van der Waals surface area contributed by atoms with Crippen LogP contribution in [0.25, 0.3) is 10.8 Å². The molecule has 2 aromatic carbocycles. The quantitative estimate of drug-likeness (QED) is 0.482. The molecule has 0 heterocycles. The minimum atomic E-state index is -5.84. The molecular weight excluding hydrogens is 353 g/mol. The molecule has 1 N–H and O–H groups in total. The van der Waals surface area contributed by atoms with Gasteiger partial charge in [-0.2, -0.15) is 34.2 Å². The zero-order chi connectivity index (χ0) is 17.8. The SMILES string of the molecule is CC(=O)C(S)c1cccc2ccccc12.O=S(=O)(O)C(F)(F)F. The average molecular weight is 366 g/mol. The van der Waals surface area contributed by atoms with E-state index in [9.17, 15) is 18.0 Å². The van der Waals surface area contributed by atoms with Gasteiger partial charge in [0.1, 0.15) is 5.78 Å². The Morgan fingerprint density at radius 3 is 2.09 bits per heavy atom. The van der Waals surface area contributed by atoms with Crippen LogP contribution in [0.5, 0.6) is 0 Å². The molecule has 0 aromatic heterocycles. The van der Waals surface area contributed by atoms with Gasteiger partial charge in [0.15, 0.2) is 0 Å². The minimum absolute atomic E-state index is 0.0784. The highest BCUT2D eigenvalue weighted by molar-refractivity contribution is 7.86. The average Bonchev–Trinajstić information content (AvgIpc) is 2.44. The number of hydrogen-bond acceptors (Lipinski definition) is 4. The van der Waals surface area contributed by atoms with Gasteiger partial charge in [-0.25, -0.2) is 0 Å². The number of benzene rings is 2. The number of thiol groups is 1. The van der Waals surface area contributed by atoms with Crippen molar-refractivity contribution in [2.75, 3.05) is 0 Å². The second-order valence-electron chi connectivity index (χ2n) is 4.50. The van der Waals surface area contributed by atoms with Crippen LogP contribution in [0.3, 0.4) is 0 Å². The lowest BCUT2D eigenvalue weighted by Gasteiger charge is -2.10. The van der Waals surface area contributed by atoms with Crippen molar-refractivity contribution in [3.8, 4) is 0 Å². The van der Waals surface area contributed by atoms with Crippen molar-refractivity contribution >= 4 is 39.3 Å². The zero-order valence-electron chi connectivity index (χ0n) is 11.8. The summed E-state index contributed by atoms with van der Waals surface area (Å²) in [5.41, 5.74) is -4.54. The second-order valence-corrected chi connectivity index (χ2v) is 6.43. The van der Waals surface area contributed by atoms with Crippen molar-refractivity contribution < 1.29 is 30.9 Å². The number of halogens is 3. The molecule has 0 fully saturated rings.